The molecule has 31 heavy (non-hydrogen) atoms. The third-order valence-corrected chi connectivity index (χ3v) is 11.7. The van der Waals surface area contributed by atoms with Crippen molar-refractivity contribution in [1.82, 2.24) is 0 Å². The number of fused-ring (bicyclic) bond motifs is 5. The van der Waals surface area contributed by atoms with Gasteiger partial charge in [0.05, 0.1) is 5.92 Å². The second-order valence-corrected chi connectivity index (χ2v) is 13.6. The van der Waals surface area contributed by atoms with Gasteiger partial charge in [0, 0.05) is 11.3 Å². The van der Waals surface area contributed by atoms with Gasteiger partial charge in [0.25, 0.3) is 5.00 Å². The molecular weight excluding hydrogens is 406 g/mol. The highest BCUT2D eigenvalue weighted by molar-refractivity contribution is 6.23. The Hall–Kier alpha value is -0.310. The Labute approximate surface area is 195 Å². The van der Waals surface area contributed by atoms with Crippen LogP contribution in [0, 0.1) is 62.4 Å². The highest BCUT2D eigenvalue weighted by atomic mass is 35.5. The smallest absolute Gasteiger partial charge is 0.263 e. The lowest BCUT2D eigenvalue weighted by Gasteiger charge is -2.62. The van der Waals surface area contributed by atoms with E-state index in [1.807, 2.05) is 0 Å². The first-order chi connectivity index (χ1) is 14.5. The van der Waals surface area contributed by atoms with E-state index in [0.717, 1.165) is 37.0 Å². The summed E-state index contributed by atoms with van der Waals surface area (Å²) in [7, 11) is 0. The summed E-state index contributed by atoms with van der Waals surface area (Å²) in [5.74, 6) is 4.09. The maximum atomic E-state index is 12.3. The van der Waals surface area contributed by atoms with E-state index in [9.17, 15) is 10.1 Å². The number of hydrogen-bond acceptors (Lipinski definition) is 2. The molecule has 4 rings (SSSR count). The lowest BCUT2D eigenvalue weighted by molar-refractivity contribution is -0.567. The Morgan fingerprint density at radius 1 is 0.968 bits per heavy atom. The van der Waals surface area contributed by atoms with Gasteiger partial charge in [0.15, 0.2) is 0 Å². The first-order valence-corrected chi connectivity index (χ1v) is 13.7. The zero-order valence-electron chi connectivity index (χ0n) is 20.7. The SMILES string of the molecule is CC(C)CCC[C@@H](C)[C@@H]1CC[C@@H]2[C@@H]3C[C@@](Cl)([N+](=O)[O-])[C@H]4CCCC[C@]4(C)[C@@H]3CC[C@@]21C. The topological polar surface area (TPSA) is 43.1 Å². The molecule has 0 aromatic heterocycles. The fourth-order valence-electron chi connectivity index (χ4n) is 9.62. The molecular formula is C27H46ClNO2. The van der Waals surface area contributed by atoms with Crippen molar-refractivity contribution in [3.63, 3.8) is 0 Å². The Morgan fingerprint density at radius 3 is 2.35 bits per heavy atom. The van der Waals surface area contributed by atoms with Crippen LogP contribution in [0.2, 0.25) is 0 Å². The number of rotatable bonds is 6. The normalized spacial score (nSPS) is 48.0. The van der Waals surface area contributed by atoms with Crippen LogP contribution in [0.1, 0.15) is 112 Å². The molecule has 0 heterocycles. The molecule has 0 radical (unpaired) electrons. The van der Waals surface area contributed by atoms with E-state index in [1.54, 1.807) is 0 Å². The minimum Gasteiger partial charge on any atom is -0.263 e. The van der Waals surface area contributed by atoms with Gasteiger partial charge >= 0.3 is 0 Å². The van der Waals surface area contributed by atoms with E-state index in [-0.39, 0.29) is 16.3 Å². The monoisotopic (exact) mass is 451 g/mol. The highest BCUT2D eigenvalue weighted by Crippen LogP contribution is 2.70. The molecule has 0 unspecified atom stereocenters. The molecule has 4 saturated carbocycles. The van der Waals surface area contributed by atoms with Gasteiger partial charge in [0.2, 0.25) is 0 Å². The predicted molar refractivity (Wildman–Crippen MR) is 129 cm³/mol. The van der Waals surface area contributed by atoms with Crippen LogP contribution in [0.15, 0.2) is 0 Å². The van der Waals surface area contributed by atoms with E-state index < -0.39 is 5.00 Å². The largest absolute Gasteiger partial charge is 0.298 e. The van der Waals surface area contributed by atoms with Gasteiger partial charge in [0.1, 0.15) is 0 Å². The maximum absolute atomic E-state index is 12.3. The fourth-order valence-corrected chi connectivity index (χ4v) is 10.2. The first kappa shape index (κ1) is 23.8. The lowest BCUT2D eigenvalue weighted by Crippen LogP contribution is -2.62. The molecule has 0 amide bonds. The van der Waals surface area contributed by atoms with Crippen LogP contribution in [0.25, 0.3) is 0 Å². The summed E-state index contributed by atoms with van der Waals surface area (Å²) in [5, 5.41) is 12.3. The van der Waals surface area contributed by atoms with E-state index in [4.69, 9.17) is 11.6 Å². The number of halogens is 1. The second kappa shape index (κ2) is 8.48. The summed E-state index contributed by atoms with van der Waals surface area (Å²) in [5.41, 5.74) is 0.406. The molecule has 4 aliphatic rings. The maximum Gasteiger partial charge on any atom is 0.298 e. The molecule has 0 spiro atoms. The molecule has 4 heteroatoms. The lowest BCUT2D eigenvalue weighted by atomic mass is 9.43. The summed E-state index contributed by atoms with van der Waals surface area (Å²) in [6.45, 7) is 12.1. The zero-order chi connectivity index (χ0) is 22.6. The minimum atomic E-state index is -1.24. The molecule has 4 fully saturated rings. The van der Waals surface area contributed by atoms with Crippen LogP contribution in [0.4, 0.5) is 0 Å². The fraction of sp³-hybridized carbons (Fsp3) is 1.00. The number of hydrogen-bond donors (Lipinski definition) is 0. The van der Waals surface area contributed by atoms with Crippen molar-refractivity contribution in [1.29, 1.82) is 0 Å². The number of alkyl halides is 1. The molecule has 4 aliphatic carbocycles. The van der Waals surface area contributed by atoms with E-state index in [2.05, 4.69) is 34.6 Å². The molecule has 9 atom stereocenters. The van der Waals surface area contributed by atoms with Gasteiger partial charge in [-0.1, -0.05) is 66.7 Å². The van der Waals surface area contributed by atoms with Crippen molar-refractivity contribution in [2.45, 2.75) is 117 Å². The number of nitro groups is 1. The summed E-state index contributed by atoms with van der Waals surface area (Å²) in [4.78, 5) is 11.0. The van der Waals surface area contributed by atoms with Gasteiger partial charge in [-0.05, 0) is 96.5 Å². The quantitative estimate of drug-likeness (QED) is 0.176. The minimum absolute atomic E-state index is 0.0446. The molecule has 0 bridgehead atoms. The van der Waals surface area contributed by atoms with Crippen molar-refractivity contribution in [2.75, 3.05) is 0 Å². The Bertz CT molecular complexity index is 682. The van der Waals surface area contributed by atoms with E-state index in [1.165, 1.54) is 51.4 Å². The van der Waals surface area contributed by atoms with Crippen LogP contribution in [-0.4, -0.2) is 9.92 Å². The van der Waals surface area contributed by atoms with Gasteiger partial charge in [-0.3, -0.25) is 10.1 Å². The van der Waals surface area contributed by atoms with Crippen LogP contribution in [-0.2, 0) is 0 Å². The van der Waals surface area contributed by atoms with Crippen molar-refractivity contribution < 1.29 is 4.92 Å². The van der Waals surface area contributed by atoms with Crippen molar-refractivity contribution in [2.24, 2.45) is 52.3 Å². The first-order valence-electron chi connectivity index (χ1n) is 13.4. The molecule has 0 aliphatic heterocycles. The summed E-state index contributed by atoms with van der Waals surface area (Å²) in [6, 6.07) is 0. The van der Waals surface area contributed by atoms with Crippen molar-refractivity contribution in [3.05, 3.63) is 10.1 Å². The average molecular weight is 452 g/mol. The second-order valence-electron chi connectivity index (χ2n) is 13.0. The third kappa shape index (κ3) is 3.77. The zero-order valence-corrected chi connectivity index (χ0v) is 21.4. The van der Waals surface area contributed by atoms with Gasteiger partial charge in [-0.15, -0.1) is 0 Å². The van der Waals surface area contributed by atoms with E-state index in [0.29, 0.717) is 29.6 Å². The molecule has 0 aromatic rings. The molecule has 0 N–H and O–H groups in total. The van der Waals surface area contributed by atoms with E-state index >= 15 is 0 Å². The van der Waals surface area contributed by atoms with Crippen molar-refractivity contribution in [3.8, 4) is 0 Å². The summed E-state index contributed by atoms with van der Waals surface area (Å²) < 4.78 is 0. The molecule has 0 saturated heterocycles. The van der Waals surface area contributed by atoms with Crippen molar-refractivity contribution >= 4 is 11.6 Å². The van der Waals surface area contributed by atoms with Crippen LogP contribution in [0.3, 0.4) is 0 Å². The van der Waals surface area contributed by atoms with Gasteiger partial charge in [-0.25, -0.2) is 0 Å². The average Bonchev–Trinajstić information content (AvgIpc) is 3.05. The predicted octanol–water partition coefficient (Wildman–Crippen LogP) is 8.32. The Balaban J connectivity index is 1.58. The summed E-state index contributed by atoms with van der Waals surface area (Å²) in [6.07, 6.45) is 14.2. The van der Waals surface area contributed by atoms with Crippen LogP contribution >= 0.6 is 11.6 Å². The molecule has 178 valence electrons. The Morgan fingerprint density at radius 2 is 1.68 bits per heavy atom. The molecule has 0 aromatic carbocycles. The number of nitrogens with zero attached hydrogens (tertiary/aromatic N) is 1. The Kier molecular flexibility index (Phi) is 6.52. The summed E-state index contributed by atoms with van der Waals surface area (Å²) >= 11 is 7.03. The van der Waals surface area contributed by atoms with Crippen LogP contribution in [0.5, 0.6) is 0 Å². The third-order valence-electron chi connectivity index (χ3n) is 11.1. The van der Waals surface area contributed by atoms with Gasteiger partial charge < -0.3 is 0 Å². The standard InChI is InChI=1S/C27H46ClNO2/c1-18(2)9-8-10-19(3)21-12-13-22-20-17-27(28,29(30)31)24-11-6-7-15-26(24,5)23(20)14-16-25(21,22)4/h18-24H,6-17H2,1-5H3/t19-,20+,21+,22-,23-,24+,25-,26-,27-/m1/s1. The van der Waals surface area contributed by atoms with Crippen LogP contribution < -0.4 is 0 Å². The highest BCUT2D eigenvalue weighted by Gasteiger charge is 2.69. The van der Waals surface area contributed by atoms with Gasteiger partial charge in [-0.2, -0.15) is 0 Å². The molecule has 3 nitrogen and oxygen atoms in total.